The number of rotatable bonds is 0. The number of hydrogen-bond acceptors (Lipinski definition) is 2. The highest BCUT2D eigenvalue weighted by Crippen LogP contribution is 2.19. The number of aryl methyl sites for hydroxylation is 1. The molecule has 0 bridgehead atoms. The Labute approximate surface area is 114 Å². The van der Waals surface area contributed by atoms with Crippen molar-refractivity contribution in [1.82, 2.24) is 0 Å². The first kappa shape index (κ1) is 13.9. The van der Waals surface area contributed by atoms with Crippen molar-refractivity contribution in [1.29, 1.82) is 0 Å². The Morgan fingerprint density at radius 1 is 0.941 bits per heavy atom. The Kier molecular flexibility index (Phi) is 5.32. The SMILES string of the molecule is Cc1cc(O)ccc1Cl.Oc1ccc(Br)cc1. The summed E-state index contributed by atoms with van der Waals surface area (Å²) in [6, 6.07) is 11.7. The average molecular weight is 316 g/mol. The number of hydrogen-bond donors (Lipinski definition) is 2. The van der Waals surface area contributed by atoms with Gasteiger partial charge in [-0.05, 0) is 55.0 Å². The van der Waals surface area contributed by atoms with E-state index in [0.717, 1.165) is 10.0 Å². The lowest BCUT2D eigenvalue weighted by Gasteiger charge is -1.95. The zero-order chi connectivity index (χ0) is 12.8. The van der Waals surface area contributed by atoms with Crippen molar-refractivity contribution in [2.45, 2.75) is 6.92 Å². The highest BCUT2D eigenvalue weighted by Gasteiger charge is 1.93. The summed E-state index contributed by atoms with van der Waals surface area (Å²) in [6.07, 6.45) is 0. The Morgan fingerprint density at radius 2 is 1.47 bits per heavy atom. The van der Waals surface area contributed by atoms with Crippen LogP contribution in [0.4, 0.5) is 0 Å². The van der Waals surface area contributed by atoms with Crippen LogP contribution in [0, 0.1) is 6.92 Å². The first-order chi connectivity index (χ1) is 7.99. The lowest BCUT2D eigenvalue weighted by Crippen LogP contribution is -1.71. The molecule has 0 unspecified atom stereocenters. The summed E-state index contributed by atoms with van der Waals surface area (Å²) < 4.78 is 0.982. The highest BCUT2D eigenvalue weighted by atomic mass is 79.9. The molecule has 17 heavy (non-hydrogen) atoms. The zero-order valence-electron chi connectivity index (χ0n) is 9.19. The molecule has 2 aromatic rings. The topological polar surface area (TPSA) is 40.5 Å². The maximum absolute atomic E-state index is 8.88. The molecule has 0 atom stereocenters. The Hall–Kier alpha value is -1.19. The van der Waals surface area contributed by atoms with Gasteiger partial charge in [-0.15, -0.1) is 0 Å². The van der Waals surface area contributed by atoms with E-state index in [1.807, 2.05) is 6.92 Å². The van der Waals surface area contributed by atoms with Gasteiger partial charge in [-0.1, -0.05) is 27.5 Å². The lowest BCUT2D eigenvalue weighted by molar-refractivity contribution is 0.474. The lowest BCUT2D eigenvalue weighted by atomic mass is 10.2. The average Bonchev–Trinajstić information content (AvgIpc) is 2.29. The van der Waals surface area contributed by atoms with E-state index in [2.05, 4.69) is 15.9 Å². The standard InChI is InChI=1S/C7H7ClO.C6H5BrO/c1-5-4-6(9)2-3-7(5)8;7-5-1-3-6(8)4-2-5/h2-4,9H,1H3;1-4,8H. The summed E-state index contributed by atoms with van der Waals surface area (Å²) in [5.74, 6) is 0.560. The van der Waals surface area contributed by atoms with Gasteiger partial charge in [0.2, 0.25) is 0 Å². The molecule has 2 aromatic carbocycles. The summed E-state index contributed by atoms with van der Waals surface area (Å²) in [5, 5.41) is 18.3. The molecule has 0 aliphatic carbocycles. The first-order valence-electron chi connectivity index (χ1n) is 4.88. The Balaban J connectivity index is 0.000000171. The predicted molar refractivity (Wildman–Crippen MR) is 73.7 cm³/mol. The van der Waals surface area contributed by atoms with Gasteiger partial charge in [0, 0.05) is 9.50 Å². The molecule has 0 fully saturated rings. The second-order valence-electron chi connectivity index (χ2n) is 3.41. The highest BCUT2D eigenvalue weighted by molar-refractivity contribution is 9.10. The van der Waals surface area contributed by atoms with E-state index in [4.69, 9.17) is 21.8 Å². The molecule has 4 heteroatoms. The third-order valence-corrected chi connectivity index (χ3v) is 2.92. The molecule has 2 nitrogen and oxygen atoms in total. The molecule has 0 aromatic heterocycles. The van der Waals surface area contributed by atoms with Gasteiger partial charge >= 0.3 is 0 Å². The van der Waals surface area contributed by atoms with Gasteiger partial charge in [0.1, 0.15) is 11.5 Å². The number of benzene rings is 2. The van der Waals surface area contributed by atoms with Crippen LogP contribution >= 0.6 is 27.5 Å². The van der Waals surface area contributed by atoms with E-state index >= 15 is 0 Å². The molecule has 0 saturated carbocycles. The monoisotopic (exact) mass is 314 g/mol. The number of phenolic OH excluding ortho intramolecular Hbond substituents is 2. The van der Waals surface area contributed by atoms with Crippen molar-refractivity contribution in [3.63, 3.8) is 0 Å². The molecule has 0 saturated heterocycles. The van der Waals surface area contributed by atoms with Crippen LogP contribution in [0.5, 0.6) is 11.5 Å². The molecule has 0 aliphatic rings. The summed E-state index contributed by atoms with van der Waals surface area (Å²) in [6.45, 7) is 1.85. The van der Waals surface area contributed by atoms with Crippen LogP contribution in [0.15, 0.2) is 46.9 Å². The molecule has 0 amide bonds. The third-order valence-electron chi connectivity index (χ3n) is 1.97. The maximum atomic E-state index is 8.88. The Bertz CT molecular complexity index is 462. The number of aromatic hydroxyl groups is 2. The summed E-state index contributed by atoms with van der Waals surface area (Å²) in [7, 11) is 0. The number of halogens is 2. The molecule has 0 heterocycles. The van der Waals surface area contributed by atoms with Gasteiger partial charge in [0.05, 0.1) is 0 Å². The second-order valence-corrected chi connectivity index (χ2v) is 4.73. The van der Waals surface area contributed by atoms with Crippen molar-refractivity contribution < 1.29 is 10.2 Å². The minimum atomic E-state index is 0.261. The smallest absolute Gasteiger partial charge is 0.115 e. The normalized spacial score (nSPS) is 9.35. The van der Waals surface area contributed by atoms with Crippen molar-refractivity contribution in [2.75, 3.05) is 0 Å². The number of phenols is 2. The first-order valence-corrected chi connectivity index (χ1v) is 6.06. The van der Waals surface area contributed by atoms with Crippen molar-refractivity contribution in [2.24, 2.45) is 0 Å². The van der Waals surface area contributed by atoms with E-state index in [9.17, 15) is 0 Å². The van der Waals surface area contributed by atoms with Crippen molar-refractivity contribution >= 4 is 27.5 Å². The molecule has 0 radical (unpaired) electrons. The largest absolute Gasteiger partial charge is 0.508 e. The fraction of sp³-hybridized carbons (Fsp3) is 0.0769. The minimum Gasteiger partial charge on any atom is -0.508 e. The Morgan fingerprint density at radius 3 is 1.88 bits per heavy atom. The second kappa shape index (κ2) is 6.52. The van der Waals surface area contributed by atoms with Crippen LogP contribution in [0.3, 0.4) is 0 Å². The summed E-state index contributed by atoms with van der Waals surface area (Å²) in [4.78, 5) is 0. The van der Waals surface area contributed by atoms with Crippen LogP contribution in [0.1, 0.15) is 5.56 Å². The van der Waals surface area contributed by atoms with Gasteiger partial charge in [0.15, 0.2) is 0 Å². The fourth-order valence-corrected chi connectivity index (χ4v) is 1.45. The van der Waals surface area contributed by atoms with Crippen LogP contribution < -0.4 is 0 Å². The van der Waals surface area contributed by atoms with Gasteiger partial charge in [0.25, 0.3) is 0 Å². The molecule has 2 N–H and O–H groups in total. The van der Waals surface area contributed by atoms with Crippen LogP contribution in [-0.2, 0) is 0 Å². The van der Waals surface area contributed by atoms with Crippen molar-refractivity contribution in [3.8, 4) is 11.5 Å². The van der Waals surface area contributed by atoms with Crippen LogP contribution in [0.25, 0.3) is 0 Å². The third kappa shape index (κ3) is 5.11. The van der Waals surface area contributed by atoms with E-state index in [1.54, 1.807) is 42.5 Å². The minimum absolute atomic E-state index is 0.261. The molecule has 0 aliphatic heterocycles. The van der Waals surface area contributed by atoms with Gasteiger partial charge in [-0.3, -0.25) is 0 Å². The maximum Gasteiger partial charge on any atom is 0.115 e. The molecule has 2 rings (SSSR count). The molecule has 0 spiro atoms. The van der Waals surface area contributed by atoms with E-state index in [-0.39, 0.29) is 5.75 Å². The van der Waals surface area contributed by atoms with E-state index in [0.29, 0.717) is 10.8 Å². The van der Waals surface area contributed by atoms with E-state index in [1.165, 1.54) is 0 Å². The van der Waals surface area contributed by atoms with E-state index < -0.39 is 0 Å². The van der Waals surface area contributed by atoms with Crippen LogP contribution in [-0.4, -0.2) is 10.2 Å². The predicted octanol–water partition coefficient (Wildman–Crippen LogP) is 4.51. The zero-order valence-corrected chi connectivity index (χ0v) is 11.5. The summed E-state index contributed by atoms with van der Waals surface area (Å²) >= 11 is 8.90. The van der Waals surface area contributed by atoms with Crippen LogP contribution in [0.2, 0.25) is 5.02 Å². The molecular weight excluding hydrogens is 303 g/mol. The van der Waals surface area contributed by atoms with Crippen molar-refractivity contribution in [3.05, 3.63) is 57.5 Å². The molecule has 90 valence electrons. The summed E-state index contributed by atoms with van der Waals surface area (Å²) in [5.41, 5.74) is 0.900. The van der Waals surface area contributed by atoms with Gasteiger partial charge in [-0.25, -0.2) is 0 Å². The quantitative estimate of drug-likeness (QED) is 0.751. The van der Waals surface area contributed by atoms with Gasteiger partial charge < -0.3 is 10.2 Å². The fourth-order valence-electron chi connectivity index (χ4n) is 1.07. The van der Waals surface area contributed by atoms with Gasteiger partial charge in [-0.2, -0.15) is 0 Å². The molecular formula is C13H12BrClO2.